The zero-order valence-electron chi connectivity index (χ0n) is 13.7. The summed E-state index contributed by atoms with van der Waals surface area (Å²) in [4.78, 5) is 14.8. The van der Waals surface area contributed by atoms with Gasteiger partial charge in [-0.2, -0.15) is 0 Å². The monoisotopic (exact) mass is 359 g/mol. The van der Waals surface area contributed by atoms with Gasteiger partial charge in [-0.3, -0.25) is 4.79 Å². The number of nitrogens with one attached hydrogen (secondary N) is 1. The Labute approximate surface area is 151 Å². The van der Waals surface area contributed by atoms with Crippen molar-refractivity contribution in [3.05, 3.63) is 54.1 Å². The molecule has 0 saturated carbocycles. The number of benzene rings is 2. The maximum Gasteiger partial charge on any atom is 0.256 e. The van der Waals surface area contributed by atoms with Gasteiger partial charge in [0.25, 0.3) is 5.91 Å². The molecular formula is C19H21NO2S2. The first-order valence-electron chi connectivity index (χ1n) is 8.05. The van der Waals surface area contributed by atoms with E-state index in [2.05, 4.69) is 5.32 Å². The molecule has 2 aromatic rings. The molecule has 3 rings (SSSR count). The van der Waals surface area contributed by atoms with Gasteiger partial charge < -0.3 is 10.1 Å². The Morgan fingerprint density at radius 1 is 1.17 bits per heavy atom. The van der Waals surface area contributed by atoms with Crippen LogP contribution in [0.25, 0.3) is 0 Å². The molecule has 1 N–H and O–H groups in total. The number of rotatable bonds is 6. The van der Waals surface area contributed by atoms with Crippen LogP contribution in [-0.4, -0.2) is 30.6 Å². The molecule has 2 aromatic carbocycles. The van der Waals surface area contributed by atoms with E-state index in [0.29, 0.717) is 6.10 Å². The lowest BCUT2D eigenvalue weighted by Crippen LogP contribution is -2.14. The third kappa shape index (κ3) is 4.35. The molecule has 0 unspecified atom stereocenters. The number of carbonyl (C=O) groups excluding carboxylic acids is 1. The van der Waals surface area contributed by atoms with Crippen molar-refractivity contribution in [2.24, 2.45) is 0 Å². The summed E-state index contributed by atoms with van der Waals surface area (Å²) >= 11 is 3.33. The van der Waals surface area contributed by atoms with Gasteiger partial charge in [-0.1, -0.05) is 24.3 Å². The molecule has 126 valence electrons. The summed E-state index contributed by atoms with van der Waals surface area (Å²) in [5, 5.41) is 3.04. The average molecular weight is 360 g/mol. The zero-order valence-corrected chi connectivity index (χ0v) is 15.3. The number of anilines is 1. The second-order valence-electron chi connectivity index (χ2n) is 5.60. The number of thioether (sulfide) groups is 2. The molecule has 0 spiro atoms. The van der Waals surface area contributed by atoms with Gasteiger partial charge in [-0.05, 0) is 43.4 Å². The molecule has 3 nitrogen and oxygen atoms in total. The Hall–Kier alpha value is -1.43. The van der Waals surface area contributed by atoms with Crippen LogP contribution in [-0.2, 0) is 4.74 Å². The number of hydrogen-bond donors (Lipinski definition) is 1. The third-order valence-electron chi connectivity index (χ3n) is 3.94. The summed E-state index contributed by atoms with van der Waals surface area (Å²) < 4.78 is 5.68. The van der Waals surface area contributed by atoms with Gasteiger partial charge in [0.1, 0.15) is 0 Å². The first-order valence-corrected chi connectivity index (χ1v) is 10.3. The summed E-state index contributed by atoms with van der Waals surface area (Å²) in [5.74, 6) is 0.832. The van der Waals surface area contributed by atoms with Crippen LogP contribution in [0.5, 0.6) is 0 Å². The topological polar surface area (TPSA) is 38.3 Å². The molecule has 0 bridgehead atoms. The number of amides is 1. The summed E-state index contributed by atoms with van der Waals surface area (Å²) in [6.07, 6.45) is 4.57. The Morgan fingerprint density at radius 3 is 2.67 bits per heavy atom. The molecule has 0 radical (unpaired) electrons. The van der Waals surface area contributed by atoms with Crippen LogP contribution >= 0.6 is 23.5 Å². The van der Waals surface area contributed by atoms with E-state index < -0.39 is 0 Å². The summed E-state index contributed by atoms with van der Waals surface area (Å²) in [7, 11) is 0. The molecule has 1 amide bonds. The molecular weight excluding hydrogens is 338 g/mol. The molecule has 0 aromatic heterocycles. The van der Waals surface area contributed by atoms with Crippen LogP contribution in [0, 0.1) is 0 Å². The van der Waals surface area contributed by atoms with Crippen molar-refractivity contribution in [3.63, 3.8) is 0 Å². The summed E-state index contributed by atoms with van der Waals surface area (Å²) in [6, 6.07) is 15.6. The highest BCUT2D eigenvalue weighted by atomic mass is 32.2. The van der Waals surface area contributed by atoms with Crippen LogP contribution in [0.2, 0.25) is 0 Å². The highest BCUT2D eigenvalue weighted by Crippen LogP contribution is 2.29. The van der Waals surface area contributed by atoms with E-state index in [1.165, 1.54) is 0 Å². The Kier molecular flexibility index (Phi) is 6.24. The number of para-hydroxylation sites is 1. The Morgan fingerprint density at radius 2 is 1.92 bits per heavy atom. The molecule has 1 heterocycles. The lowest BCUT2D eigenvalue weighted by molar-refractivity contribution is 0.102. The fourth-order valence-electron chi connectivity index (χ4n) is 2.68. The SMILES string of the molecule is CSc1ccccc1NC(=O)c1ccccc1SC[C@H]1CCCO1. The minimum Gasteiger partial charge on any atom is -0.377 e. The highest BCUT2D eigenvalue weighted by Gasteiger charge is 2.18. The fraction of sp³-hybridized carbons (Fsp3) is 0.316. The van der Waals surface area contributed by atoms with Crippen molar-refractivity contribution in [2.75, 3.05) is 23.9 Å². The van der Waals surface area contributed by atoms with Crippen molar-refractivity contribution in [2.45, 2.75) is 28.7 Å². The first-order chi connectivity index (χ1) is 11.8. The summed E-state index contributed by atoms with van der Waals surface area (Å²) in [5.41, 5.74) is 1.57. The molecule has 24 heavy (non-hydrogen) atoms. The predicted octanol–water partition coefficient (Wildman–Crippen LogP) is 4.93. The second-order valence-corrected chi connectivity index (χ2v) is 7.51. The van der Waals surface area contributed by atoms with E-state index >= 15 is 0 Å². The second kappa shape index (κ2) is 8.60. The number of ether oxygens (including phenoxy) is 1. The van der Waals surface area contributed by atoms with E-state index in [1.54, 1.807) is 23.5 Å². The molecule has 0 aliphatic carbocycles. The van der Waals surface area contributed by atoms with E-state index in [1.807, 2.05) is 54.8 Å². The van der Waals surface area contributed by atoms with Crippen molar-refractivity contribution >= 4 is 35.1 Å². The van der Waals surface area contributed by atoms with Gasteiger partial charge in [0.05, 0.1) is 17.4 Å². The van der Waals surface area contributed by atoms with Gasteiger partial charge in [-0.25, -0.2) is 0 Å². The summed E-state index contributed by atoms with van der Waals surface area (Å²) in [6.45, 7) is 0.860. The zero-order chi connectivity index (χ0) is 16.8. The third-order valence-corrected chi connectivity index (χ3v) is 5.94. The Bertz CT molecular complexity index is 699. The Balaban J connectivity index is 1.72. The highest BCUT2D eigenvalue weighted by molar-refractivity contribution is 7.99. The molecule has 5 heteroatoms. The van der Waals surface area contributed by atoms with Gasteiger partial charge >= 0.3 is 0 Å². The standard InChI is InChI=1S/C19H21NO2S2/c1-23-18-11-5-3-9-16(18)20-19(21)15-8-2-4-10-17(15)24-13-14-7-6-12-22-14/h2-5,8-11,14H,6-7,12-13H2,1H3,(H,20,21)/t14-/m1/s1. The minimum atomic E-state index is -0.0630. The normalized spacial score (nSPS) is 17.0. The molecule has 1 atom stereocenters. The largest absolute Gasteiger partial charge is 0.377 e. The van der Waals surface area contributed by atoms with Crippen LogP contribution in [0.1, 0.15) is 23.2 Å². The fourth-order valence-corrected chi connectivity index (χ4v) is 4.35. The lowest BCUT2D eigenvalue weighted by Gasteiger charge is -2.13. The number of hydrogen-bond acceptors (Lipinski definition) is 4. The van der Waals surface area contributed by atoms with E-state index in [0.717, 1.165) is 46.2 Å². The minimum absolute atomic E-state index is 0.0630. The molecule has 1 saturated heterocycles. The predicted molar refractivity (Wildman–Crippen MR) is 102 cm³/mol. The smallest absolute Gasteiger partial charge is 0.256 e. The van der Waals surface area contributed by atoms with Crippen molar-refractivity contribution in [3.8, 4) is 0 Å². The quantitative estimate of drug-likeness (QED) is 0.742. The molecule has 1 fully saturated rings. The van der Waals surface area contributed by atoms with Gasteiger partial charge in [0.15, 0.2) is 0 Å². The average Bonchev–Trinajstić information content (AvgIpc) is 3.14. The van der Waals surface area contributed by atoms with Gasteiger partial charge in [0.2, 0.25) is 0 Å². The van der Waals surface area contributed by atoms with Crippen molar-refractivity contribution < 1.29 is 9.53 Å². The first kappa shape index (κ1) is 17.4. The maximum atomic E-state index is 12.7. The van der Waals surface area contributed by atoms with Crippen LogP contribution in [0.15, 0.2) is 58.3 Å². The number of carbonyl (C=O) groups is 1. The van der Waals surface area contributed by atoms with Crippen LogP contribution < -0.4 is 5.32 Å². The maximum absolute atomic E-state index is 12.7. The van der Waals surface area contributed by atoms with Crippen LogP contribution in [0.3, 0.4) is 0 Å². The van der Waals surface area contributed by atoms with Crippen molar-refractivity contribution in [1.29, 1.82) is 0 Å². The van der Waals surface area contributed by atoms with Crippen LogP contribution in [0.4, 0.5) is 5.69 Å². The van der Waals surface area contributed by atoms with E-state index in [9.17, 15) is 4.79 Å². The lowest BCUT2D eigenvalue weighted by atomic mass is 10.2. The van der Waals surface area contributed by atoms with E-state index in [-0.39, 0.29) is 5.91 Å². The molecule has 1 aliphatic rings. The van der Waals surface area contributed by atoms with Gasteiger partial charge in [-0.15, -0.1) is 23.5 Å². The molecule has 1 aliphatic heterocycles. The van der Waals surface area contributed by atoms with E-state index in [4.69, 9.17) is 4.74 Å². The van der Waals surface area contributed by atoms with Gasteiger partial charge in [0, 0.05) is 22.2 Å². The van der Waals surface area contributed by atoms with Crippen molar-refractivity contribution in [1.82, 2.24) is 0 Å².